The van der Waals surface area contributed by atoms with Crippen molar-refractivity contribution in [3.05, 3.63) is 35.5 Å². The van der Waals surface area contributed by atoms with Crippen molar-refractivity contribution in [2.45, 2.75) is 33.3 Å². The van der Waals surface area contributed by atoms with Crippen molar-refractivity contribution in [3.63, 3.8) is 0 Å². The zero-order chi connectivity index (χ0) is 13.0. The summed E-state index contributed by atoms with van der Waals surface area (Å²) in [7, 11) is 0. The number of hydrogen-bond acceptors (Lipinski definition) is 5. The monoisotopic (exact) mass is 248 g/mol. The zero-order valence-electron chi connectivity index (χ0n) is 10.5. The molecule has 96 valence electrons. The van der Waals surface area contributed by atoms with Crippen LogP contribution in [-0.2, 0) is 13.0 Å². The summed E-state index contributed by atoms with van der Waals surface area (Å²) in [6, 6.07) is 5.15. The number of rotatable bonds is 5. The summed E-state index contributed by atoms with van der Waals surface area (Å²) in [4.78, 5) is 4.20. The molecule has 0 fully saturated rings. The van der Waals surface area contributed by atoms with Crippen LogP contribution in [0.2, 0.25) is 0 Å². The van der Waals surface area contributed by atoms with Gasteiger partial charge in [-0.05, 0) is 25.5 Å². The molecule has 0 bridgehead atoms. The number of hydrogen-bond donors (Lipinski definition) is 1. The molecule has 0 aliphatic rings. The van der Waals surface area contributed by atoms with Gasteiger partial charge in [0.25, 0.3) is 0 Å². The minimum Gasteiger partial charge on any atom is -0.508 e. The molecule has 18 heavy (non-hydrogen) atoms. The topological polar surface area (TPSA) is 68.4 Å². The summed E-state index contributed by atoms with van der Waals surface area (Å²) in [5, 5.41) is 13.4. The highest BCUT2D eigenvalue weighted by Gasteiger charge is 2.08. The number of phenols is 1. The zero-order valence-corrected chi connectivity index (χ0v) is 10.5. The van der Waals surface area contributed by atoms with E-state index >= 15 is 0 Å². The lowest BCUT2D eigenvalue weighted by molar-refractivity contribution is 0.281. The van der Waals surface area contributed by atoms with Gasteiger partial charge in [0.05, 0.1) is 0 Å². The Morgan fingerprint density at radius 3 is 3.00 bits per heavy atom. The van der Waals surface area contributed by atoms with E-state index in [0.717, 1.165) is 12.8 Å². The fraction of sp³-hybridized carbons (Fsp3) is 0.385. The molecule has 1 N–H and O–H groups in total. The molecule has 1 heterocycles. The van der Waals surface area contributed by atoms with E-state index in [4.69, 9.17) is 9.26 Å². The van der Waals surface area contributed by atoms with Crippen molar-refractivity contribution < 1.29 is 14.4 Å². The third kappa shape index (κ3) is 2.80. The van der Waals surface area contributed by atoms with Crippen LogP contribution in [0.1, 0.15) is 30.6 Å². The molecule has 5 heteroatoms. The maximum atomic E-state index is 9.54. The van der Waals surface area contributed by atoms with Gasteiger partial charge in [0, 0.05) is 12.0 Å². The molecular formula is C13H16N2O3. The Hall–Kier alpha value is -2.04. The van der Waals surface area contributed by atoms with Crippen molar-refractivity contribution in [3.8, 4) is 11.5 Å². The standard InChI is InChI=1S/C13H16N2O3/c1-3-5-13-14-12(15-18-13)8-17-11-7-4-6-10(16)9(11)2/h4,6-7,16H,3,5,8H2,1-2H3. The van der Waals surface area contributed by atoms with E-state index in [-0.39, 0.29) is 12.4 Å². The van der Waals surface area contributed by atoms with Gasteiger partial charge in [-0.1, -0.05) is 18.1 Å². The molecule has 0 unspecified atom stereocenters. The Morgan fingerprint density at radius 1 is 1.39 bits per heavy atom. The van der Waals surface area contributed by atoms with Crippen LogP contribution in [0.4, 0.5) is 0 Å². The molecule has 0 atom stereocenters. The third-order valence-electron chi connectivity index (χ3n) is 2.59. The Labute approximate surface area is 105 Å². The lowest BCUT2D eigenvalue weighted by Gasteiger charge is -2.07. The minimum absolute atomic E-state index is 0.215. The molecule has 0 saturated heterocycles. The summed E-state index contributed by atoms with van der Waals surface area (Å²) in [5.41, 5.74) is 0.703. The first kappa shape index (κ1) is 12.4. The molecule has 5 nitrogen and oxygen atoms in total. The van der Waals surface area contributed by atoms with Crippen LogP contribution in [0.15, 0.2) is 22.7 Å². The first-order valence-corrected chi connectivity index (χ1v) is 5.93. The number of nitrogens with zero attached hydrogens (tertiary/aromatic N) is 2. The van der Waals surface area contributed by atoms with Crippen molar-refractivity contribution >= 4 is 0 Å². The number of aromatic hydroxyl groups is 1. The van der Waals surface area contributed by atoms with Gasteiger partial charge in [-0.3, -0.25) is 0 Å². The fourth-order valence-corrected chi connectivity index (χ4v) is 1.57. The van der Waals surface area contributed by atoms with Crippen molar-refractivity contribution in [2.75, 3.05) is 0 Å². The molecule has 1 aromatic heterocycles. The quantitative estimate of drug-likeness (QED) is 0.880. The average Bonchev–Trinajstić information content (AvgIpc) is 2.79. The Bertz CT molecular complexity index is 523. The van der Waals surface area contributed by atoms with Gasteiger partial charge in [-0.15, -0.1) is 0 Å². The molecule has 1 aromatic carbocycles. The molecule has 0 saturated carbocycles. The number of aromatic nitrogens is 2. The predicted molar refractivity (Wildman–Crippen MR) is 65.5 cm³/mol. The van der Waals surface area contributed by atoms with Gasteiger partial charge in [-0.2, -0.15) is 4.98 Å². The highest BCUT2D eigenvalue weighted by atomic mass is 16.5. The van der Waals surface area contributed by atoms with E-state index in [0.29, 0.717) is 23.0 Å². The van der Waals surface area contributed by atoms with E-state index < -0.39 is 0 Å². The van der Waals surface area contributed by atoms with Crippen LogP contribution in [0, 0.1) is 6.92 Å². The summed E-state index contributed by atoms with van der Waals surface area (Å²) < 4.78 is 10.6. The molecule has 0 spiro atoms. The van der Waals surface area contributed by atoms with E-state index in [2.05, 4.69) is 17.1 Å². The van der Waals surface area contributed by atoms with E-state index in [1.54, 1.807) is 25.1 Å². The Kier molecular flexibility index (Phi) is 3.82. The number of benzene rings is 1. The van der Waals surface area contributed by atoms with Gasteiger partial charge >= 0.3 is 0 Å². The highest BCUT2D eigenvalue weighted by molar-refractivity contribution is 5.42. The second-order valence-corrected chi connectivity index (χ2v) is 4.04. The smallest absolute Gasteiger partial charge is 0.226 e. The van der Waals surface area contributed by atoms with Crippen molar-refractivity contribution in [1.82, 2.24) is 10.1 Å². The van der Waals surface area contributed by atoms with Crippen LogP contribution in [0.25, 0.3) is 0 Å². The lowest BCUT2D eigenvalue weighted by atomic mass is 10.2. The summed E-state index contributed by atoms with van der Waals surface area (Å²) in [5.74, 6) is 1.98. The van der Waals surface area contributed by atoms with Crippen molar-refractivity contribution in [2.24, 2.45) is 0 Å². The second-order valence-electron chi connectivity index (χ2n) is 4.04. The Morgan fingerprint density at radius 2 is 2.22 bits per heavy atom. The van der Waals surface area contributed by atoms with Gasteiger partial charge in [0.15, 0.2) is 6.61 Å². The summed E-state index contributed by atoms with van der Waals surface area (Å²) >= 11 is 0. The third-order valence-corrected chi connectivity index (χ3v) is 2.59. The van der Waals surface area contributed by atoms with Gasteiger partial charge in [0.2, 0.25) is 11.7 Å². The first-order valence-electron chi connectivity index (χ1n) is 5.93. The molecule has 0 aliphatic carbocycles. The molecule has 2 rings (SSSR count). The van der Waals surface area contributed by atoms with Crippen LogP contribution in [0.5, 0.6) is 11.5 Å². The minimum atomic E-state index is 0.215. The highest BCUT2D eigenvalue weighted by Crippen LogP contribution is 2.26. The Balaban J connectivity index is 2.00. The second kappa shape index (κ2) is 5.53. The number of phenolic OH excluding ortho intramolecular Hbond substituents is 1. The maximum Gasteiger partial charge on any atom is 0.226 e. The van der Waals surface area contributed by atoms with E-state index in [1.807, 2.05) is 0 Å². The van der Waals surface area contributed by atoms with Gasteiger partial charge in [0.1, 0.15) is 11.5 Å². The van der Waals surface area contributed by atoms with Crippen LogP contribution < -0.4 is 4.74 Å². The maximum absolute atomic E-state index is 9.54. The lowest BCUT2D eigenvalue weighted by Crippen LogP contribution is -1.99. The predicted octanol–water partition coefficient (Wildman–Crippen LogP) is 2.62. The largest absolute Gasteiger partial charge is 0.508 e. The molecule has 0 aliphatic heterocycles. The first-order chi connectivity index (χ1) is 8.70. The molecule has 2 aromatic rings. The van der Waals surface area contributed by atoms with Gasteiger partial charge < -0.3 is 14.4 Å². The van der Waals surface area contributed by atoms with Gasteiger partial charge in [-0.25, -0.2) is 0 Å². The van der Waals surface area contributed by atoms with Crippen LogP contribution in [0.3, 0.4) is 0 Å². The molecule has 0 radical (unpaired) electrons. The fourth-order valence-electron chi connectivity index (χ4n) is 1.57. The van der Waals surface area contributed by atoms with Crippen LogP contribution >= 0.6 is 0 Å². The summed E-state index contributed by atoms with van der Waals surface area (Å²) in [6.07, 6.45) is 1.74. The molecular weight excluding hydrogens is 232 g/mol. The number of ether oxygens (including phenoxy) is 1. The van der Waals surface area contributed by atoms with E-state index in [1.165, 1.54) is 0 Å². The molecule has 0 amide bonds. The van der Waals surface area contributed by atoms with E-state index in [9.17, 15) is 5.11 Å². The normalized spacial score (nSPS) is 10.6. The average molecular weight is 248 g/mol. The van der Waals surface area contributed by atoms with Crippen LogP contribution in [-0.4, -0.2) is 15.2 Å². The summed E-state index contributed by atoms with van der Waals surface area (Å²) in [6.45, 7) is 4.08. The SMILES string of the molecule is CCCc1nc(COc2cccc(O)c2C)no1. The number of aryl methyl sites for hydroxylation is 1. The van der Waals surface area contributed by atoms with Crippen molar-refractivity contribution in [1.29, 1.82) is 0 Å².